The molecule has 6 heteroatoms. The lowest BCUT2D eigenvalue weighted by Gasteiger charge is -2.21. The fraction of sp³-hybridized carbons (Fsp3) is 0.667. The molecule has 0 saturated carbocycles. The number of halogens is 1. The zero-order chi connectivity index (χ0) is 12.8. The molecule has 0 amide bonds. The van der Waals surface area contributed by atoms with Crippen LogP contribution in [0.5, 0.6) is 0 Å². The molecule has 0 unspecified atom stereocenters. The van der Waals surface area contributed by atoms with Gasteiger partial charge < -0.3 is 10.1 Å². The van der Waals surface area contributed by atoms with Crippen molar-refractivity contribution >= 4 is 29.2 Å². The van der Waals surface area contributed by atoms with E-state index in [9.17, 15) is 0 Å². The van der Waals surface area contributed by atoms with Crippen LogP contribution in [0.15, 0.2) is 6.07 Å². The average Bonchev–Trinajstić information content (AvgIpc) is 2.37. The number of nitrogens with one attached hydrogen (secondary N) is 1. The Kier molecular flexibility index (Phi) is 5.53. The van der Waals surface area contributed by atoms with E-state index in [1.807, 2.05) is 11.8 Å². The lowest BCUT2D eigenvalue weighted by atomic mass is 10.0. The third-order valence-electron chi connectivity index (χ3n) is 2.93. The number of ether oxygens (including phenoxy) is 1. The first-order valence-corrected chi connectivity index (χ1v) is 7.65. The maximum absolute atomic E-state index is 5.96. The first-order chi connectivity index (χ1) is 8.78. The molecule has 1 saturated heterocycles. The molecule has 1 N–H and O–H groups in total. The maximum atomic E-state index is 5.96. The number of anilines is 1. The van der Waals surface area contributed by atoms with Crippen molar-refractivity contribution in [1.29, 1.82) is 0 Å². The first-order valence-electron chi connectivity index (χ1n) is 6.12. The van der Waals surface area contributed by atoms with Crippen molar-refractivity contribution in [2.45, 2.75) is 19.4 Å². The largest absolute Gasteiger partial charge is 0.377 e. The Labute approximate surface area is 117 Å². The fourth-order valence-electron chi connectivity index (χ4n) is 1.95. The van der Waals surface area contributed by atoms with Gasteiger partial charge >= 0.3 is 0 Å². The second kappa shape index (κ2) is 7.16. The number of thioether (sulfide) groups is 1. The van der Waals surface area contributed by atoms with Crippen LogP contribution in [-0.4, -0.2) is 35.1 Å². The molecular formula is C12H18ClN3OS. The zero-order valence-corrected chi connectivity index (χ0v) is 12.1. The number of nitrogens with zero attached hydrogens (tertiary/aromatic N) is 2. The Morgan fingerprint density at radius 2 is 2.22 bits per heavy atom. The van der Waals surface area contributed by atoms with Gasteiger partial charge in [0, 0.05) is 19.7 Å². The normalized spacial score (nSPS) is 16.8. The van der Waals surface area contributed by atoms with Gasteiger partial charge in [-0.2, -0.15) is 11.8 Å². The van der Waals surface area contributed by atoms with E-state index in [2.05, 4.69) is 15.3 Å². The summed E-state index contributed by atoms with van der Waals surface area (Å²) in [5.74, 6) is 4.69. The number of hydrogen-bond acceptors (Lipinski definition) is 5. The molecule has 1 aliphatic rings. The molecule has 18 heavy (non-hydrogen) atoms. The standard InChI is InChI=1S/C12H18ClN3OS/c1-17-8-12-15-10(13)6-11(16-12)14-7-9-2-4-18-5-3-9/h6,9H,2-5,7-8H2,1H3,(H,14,15,16). The molecule has 1 aliphatic heterocycles. The van der Waals surface area contributed by atoms with Crippen LogP contribution < -0.4 is 5.32 Å². The summed E-state index contributed by atoms with van der Waals surface area (Å²) in [5, 5.41) is 3.81. The Bertz CT molecular complexity index is 386. The van der Waals surface area contributed by atoms with Crippen LogP contribution >= 0.6 is 23.4 Å². The van der Waals surface area contributed by atoms with E-state index in [1.54, 1.807) is 13.2 Å². The molecule has 1 aromatic heterocycles. The van der Waals surface area contributed by atoms with Crippen molar-refractivity contribution in [2.75, 3.05) is 30.5 Å². The molecule has 100 valence electrons. The van der Waals surface area contributed by atoms with Crippen LogP contribution in [-0.2, 0) is 11.3 Å². The van der Waals surface area contributed by atoms with Crippen LogP contribution in [0.4, 0.5) is 5.82 Å². The van der Waals surface area contributed by atoms with Gasteiger partial charge in [-0.25, -0.2) is 9.97 Å². The molecule has 2 heterocycles. The van der Waals surface area contributed by atoms with E-state index in [1.165, 1.54) is 24.3 Å². The minimum absolute atomic E-state index is 0.384. The predicted molar refractivity (Wildman–Crippen MR) is 76.3 cm³/mol. The van der Waals surface area contributed by atoms with Gasteiger partial charge in [0.05, 0.1) is 0 Å². The second-order valence-corrected chi connectivity index (χ2v) is 5.97. The summed E-state index contributed by atoms with van der Waals surface area (Å²) < 4.78 is 5.02. The first kappa shape index (κ1) is 13.9. The van der Waals surface area contributed by atoms with Crippen LogP contribution in [0.25, 0.3) is 0 Å². The molecule has 1 aromatic rings. The third-order valence-corrected chi connectivity index (χ3v) is 4.17. The summed E-state index contributed by atoms with van der Waals surface area (Å²) in [6.07, 6.45) is 2.56. The van der Waals surface area contributed by atoms with Gasteiger partial charge in [-0.15, -0.1) is 0 Å². The Morgan fingerprint density at radius 3 is 2.94 bits per heavy atom. The minimum atomic E-state index is 0.384. The monoisotopic (exact) mass is 287 g/mol. The van der Waals surface area contributed by atoms with Crippen molar-refractivity contribution in [3.05, 3.63) is 17.0 Å². The summed E-state index contributed by atoms with van der Waals surface area (Å²) in [4.78, 5) is 8.48. The van der Waals surface area contributed by atoms with Crippen molar-refractivity contribution in [1.82, 2.24) is 9.97 Å². The minimum Gasteiger partial charge on any atom is -0.377 e. The van der Waals surface area contributed by atoms with Gasteiger partial charge in [-0.1, -0.05) is 11.6 Å². The molecular weight excluding hydrogens is 270 g/mol. The maximum Gasteiger partial charge on any atom is 0.158 e. The van der Waals surface area contributed by atoms with Crippen molar-refractivity contribution < 1.29 is 4.74 Å². The molecule has 0 radical (unpaired) electrons. The van der Waals surface area contributed by atoms with Gasteiger partial charge in [0.1, 0.15) is 17.6 Å². The van der Waals surface area contributed by atoms with Crippen molar-refractivity contribution in [2.24, 2.45) is 5.92 Å². The highest BCUT2D eigenvalue weighted by molar-refractivity contribution is 7.99. The Balaban J connectivity index is 1.91. The van der Waals surface area contributed by atoms with Crippen LogP contribution in [0.2, 0.25) is 5.15 Å². The van der Waals surface area contributed by atoms with Gasteiger partial charge in [0.25, 0.3) is 0 Å². The van der Waals surface area contributed by atoms with Gasteiger partial charge in [0.2, 0.25) is 0 Å². The zero-order valence-electron chi connectivity index (χ0n) is 10.5. The molecule has 1 fully saturated rings. The molecule has 0 spiro atoms. The highest BCUT2D eigenvalue weighted by atomic mass is 35.5. The Hall–Kier alpha value is -0.520. The quantitative estimate of drug-likeness (QED) is 0.844. The molecule has 0 bridgehead atoms. The number of aromatic nitrogens is 2. The van der Waals surface area contributed by atoms with Crippen molar-refractivity contribution in [3.63, 3.8) is 0 Å². The molecule has 0 atom stereocenters. The van der Waals surface area contributed by atoms with E-state index in [-0.39, 0.29) is 0 Å². The fourth-order valence-corrected chi connectivity index (χ4v) is 3.35. The van der Waals surface area contributed by atoms with Gasteiger partial charge in [0.15, 0.2) is 5.82 Å². The predicted octanol–water partition coefficient (Wildman–Crippen LogP) is 2.83. The van der Waals surface area contributed by atoms with E-state index in [4.69, 9.17) is 16.3 Å². The summed E-state index contributed by atoms with van der Waals surface area (Å²) in [7, 11) is 1.62. The lowest BCUT2D eigenvalue weighted by molar-refractivity contribution is 0.178. The van der Waals surface area contributed by atoms with Crippen LogP contribution in [0.3, 0.4) is 0 Å². The third kappa shape index (κ3) is 4.30. The van der Waals surface area contributed by atoms with Crippen molar-refractivity contribution in [3.8, 4) is 0 Å². The van der Waals surface area contributed by atoms with Gasteiger partial charge in [-0.3, -0.25) is 0 Å². The smallest absolute Gasteiger partial charge is 0.158 e. The summed E-state index contributed by atoms with van der Waals surface area (Å²) in [5.41, 5.74) is 0. The van der Waals surface area contributed by atoms with E-state index in [0.717, 1.165) is 18.3 Å². The number of hydrogen-bond donors (Lipinski definition) is 1. The number of rotatable bonds is 5. The van der Waals surface area contributed by atoms with Crippen LogP contribution in [0.1, 0.15) is 18.7 Å². The Morgan fingerprint density at radius 1 is 1.44 bits per heavy atom. The lowest BCUT2D eigenvalue weighted by Crippen LogP contribution is -2.19. The highest BCUT2D eigenvalue weighted by Gasteiger charge is 2.13. The number of methoxy groups -OCH3 is 1. The van der Waals surface area contributed by atoms with E-state index in [0.29, 0.717) is 17.6 Å². The van der Waals surface area contributed by atoms with Gasteiger partial charge in [-0.05, 0) is 30.3 Å². The highest BCUT2D eigenvalue weighted by Crippen LogP contribution is 2.23. The summed E-state index contributed by atoms with van der Waals surface area (Å²) >= 11 is 8.00. The summed E-state index contributed by atoms with van der Waals surface area (Å²) in [6.45, 7) is 1.34. The molecule has 0 aromatic carbocycles. The second-order valence-electron chi connectivity index (χ2n) is 4.36. The SMILES string of the molecule is COCc1nc(Cl)cc(NCC2CCSCC2)n1. The van der Waals surface area contributed by atoms with Crippen LogP contribution in [0, 0.1) is 5.92 Å². The average molecular weight is 288 g/mol. The molecule has 4 nitrogen and oxygen atoms in total. The molecule has 0 aliphatic carbocycles. The topological polar surface area (TPSA) is 47.0 Å². The van der Waals surface area contributed by atoms with E-state index >= 15 is 0 Å². The van der Waals surface area contributed by atoms with E-state index < -0.39 is 0 Å². The summed E-state index contributed by atoms with van der Waals surface area (Å²) in [6, 6.07) is 1.76. The molecule has 2 rings (SSSR count).